The third-order valence-corrected chi connectivity index (χ3v) is 3.79. The van der Waals surface area contributed by atoms with Gasteiger partial charge in [0.05, 0.1) is 12.1 Å². The van der Waals surface area contributed by atoms with Gasteiger partial charge in [0.25, 0.3) is 0 Å². The van der Waals surface area contributed by atoms with E-state index in [0.29, 0.717) is 17.0 Å². The molecular formula is C16H18ClFN2O2. The minimum Gasteiger partial charge on any atom is -0.361 e. The second kappa shape index (κ2) is 7.40. The van der Waals surface area contributed by atoms with Crippen LogP contribution in [0.1, 0.15) is 36.4 Å². The summed E-state index contributed by atoms with van der Waals surface area (Å²) >= 11 is 5.93. The summed E-state index contributed by atoms with van der Waals surface area (Å²) in [6, 6.07) is 4.11. The zero-order valence-corrected chi connectivity index (χ0v) is 13.3. The monoisotopic (exact) mass is 324 g/mol. The molecule has 2 rings (SSSR count). The summed E-state index contributed by atoms with van der Waals surface area (Å²) in [5.74, 6) is 0.199. The van der Waals surface area contributed by atoms with Crippen molar-refractivity contribution in [2.24, 2.45) is 0 Å². The highest BCUT2D eigenvalue weighted by Crippen LogP contribution is 2.18. The van der Waals surface area contributed by atoms with Gasteiger partial charge in [-0.2, -0.15) is 0 Å². The Morgan fingerprint density at radius 2 is 2.14 bits per heavy atom. The molecule has 0 aliphatic carbocycles. The maximum absolute atomic E-state index is 13.0. The highest BCUT2D eigenvalue weighted by Gasteiger charge is 2.16. The predicted octanol–water partition coefficient (Wildman–Crippen LogP) is 3.45. The number of carbonyl (C=O) groups excluding carboxylic acids is 1. The van der Waals surface area contributed by atoms with Gasteiger partial charge in [-0.25, -0.2) is 4.39 Å². The van der Waals surface area contributed by atoms with E-state index in [1.165, 1.54) is 12.1 Å². The van der Waals surface area contributed by atoms with Gasteiger partial charge in [0.15, 0.2) is 0 Å². The van der Waals surface area contributed by atoms with Gasteiger partial charge in [0, 0.05) is 23.6 Å². The quantitative estimate of drug-likeness (QED) is 0.885. The van der Waals surface area contributed by atoms with Crippen LogP contribution in [0, 0.1) is 5.82 Å². The van der Waals surface area contributed by atoms with Crippen LogP contribution in [0.4, 0.5) is 4.39 Å². The number of nitrogens with zero attached hydrogens (tertiary/aromatic N) is 1. The van der Waals surface area contributed by atoms with Crippen molar-refractivity contribution in [2.45, 2.75) is 39.7 Å². The van der Waals surface area contributed by atoms with Crippen molar-refractivity contribution < 1.29 is 13.7 Å². The Morgan fingerprint density at radius 1 is 1.36 bits per heavy atom. The smallest absolute Gasteiger partial charge is 0.224 e. The Labute approximate surface area is 133 Å². The fourth-order valence-electron chi connectivity index (χ4n) is 2.22. The molecule has 4 nitrogen and oxygen atoms in total. The van der Waals surface area contributed by atoms with Crippen molar-refractivity contribution in [1.29, 1.82) is 0 Å². The summed E-state index contributed by atoms with van der Waals surface area (Å²) < 4.78 is 18.2. The van der Waals surface area contributed by atoms with Crippen LogP contribution in [0.25, 0.3) is 0 Å². The maximum atomic E-state index is 13.0. The van der Waals surface area contributed by atoms with Crippen LogP contribution in [0.15, 0.2) is 22.7 Å². The van der Waals surface area contributed by atoms with Crippen molar-refractivity contribution >= 4 is 17.5 Å². The first kappa shape index (κ1) is 16.5. The van der Waals surface area contributed by atoms with Gasteiger partial charge in [-0.1, -0.05) is 36.7 Å². The van der Waals surface area contributed by atoms with E-state index < -0.39 is 5.82 Å². The van der Waals surface area contributed by atoms with Gasteiger partial charge >= 0.3 is 0 Å². The molecule has 0 saturated carbocycles. The van der Waals surface area contributed by atoms with Crippen LogP contribution in [0.2, 0.25) is 5.02 Å². The molecule has 0 fully saturated rings. The van der Waals surface area contributed by atoms with Crippen LogP contribution in [-0.4, -0.2) is 11.1 Å². The molecular weight excluding hydrogens is 307 g/mol. The van der Waals surface area contributed by atoms with E-state index in [9.17, 15) is 9.18 Å². The molecule has 0 unspecified atom stereocenters. The highest BCUT2D eigenvalue weighted by atomic mass is 35.5. The van der Waals surface area contributed by atoms with Crippen LogP contribution in [0.5, 0.6) is 0 Å². The fraction of sp³-hybridized carbons (Fsp3) is 0.375. The maximum Gasteiger partial charge on any atom is 0.224 e. The minimum absolute atomic E-state index is 0.145. The summed E-state index contributed by atoms with van der Waals surface area (Å²) in [6.45, 7) is 4.18. The second-order valence-corrected chi connectivity index (χ2v) is 5.33. The molecule has 118 valence electrons. The van der Waals surface area contributed by atoms with E-state index in [1.54, 1.807) is 6.07 Å². The van der Waals surface area contributed by atoms with Gasteiger partial charge < -0.3 is 9.84 Å². The number of rotatable bonds is 6. The lowest BCUT2D eigenvalue weighted by Crippen LogP contribution is -2.25. The summed E-state index contributed by atoms with van der Waals surface area (Å²) in [5.41, 5.74) is 2.34. The first-order chi connectivity index (χ1) is 10.5. The molecule has 1 amide bonds. The van der Waals surface area contributed by atoms with Crippen LogP contribution in [0.3, 0.4) is 0 Å². The molecule has 0 spiro atoms. The van der Waals surface area contributed by atoms with Crippen molar-refractivity contribution in [3.8, 4) is 0 Å². The van der Waals surface area contributed by atoms with E-state index in [0.717, 1.165) is 23.4 Å². The van der Waals surface area contributed by atoms with E-state index in [-0.39, 0.29) is 18.9 Å². The Balaban J connectivity index is 2.00. The van der Waals surface area contributed by atoms with Crippen molar-refractivity contribution in [1.82, 2.24) is 10.5 Å². The topological polar surface area (TPSA) is 55.1 Å². The lowest BCUT2D eigenvalue weighted by molar-refractivity contribution is -0.120. The number of hydrogen-bond donors (Lipinski definition) is 1. The molecule has 0 aliphatic rings. The molecule has 6 heteroatoms. The SMILES string of the molecule is CCc1noc(CC)c1CC(=O)NCc1ccc(F)cc1Cl. The average Bonchev–Trinajstić information content (AvgIpc) is 2.88. The molecule has 0 bridgehead atoms. The molecule has 0 saturated heterocycles. The van der Waals surface area contributed by atoms with Gasteiger partial charge in [-0.3, -0.25) is 4.79 Å². The van der Waals surface area contributed by atoms with E-state index in [1.807, 2.05) is 13.8 Å². The van der Waals surface area contributed by atoms with Crippen molar-refractivity contribution in [3.63, 3.8) is 0 Å². The van der Waals surface area contributed by atoms with Crippen LogP contribution >= 0.6 is 11.6 Å². The van der Waals surface area contributed by atoms with Gasteiger partial charge in [-0.15, -0.1) is 0 Å². The van der Waals surface area contributed by atoms with Crippen molar-refractivity contribution in [3.05, 3.63) is 51.6 Å². The van der Waals surface area contributed by atoms with Crippen LogP contribution in [-0.2, 0) is 30.6 Å². The average molecular weight is 325 g/mol. The van der Waals surface area contributed by atoms with E-state index in [4.69, 9.17) is 16.1 Å². The predicted molar refractivity (Wildman–Crippen MR) is 82.2 cm³/mol. The first-order valence-corrected chi connectivity index (χ1v) is 7.59. The largest absolute Gasteiger partial charge is 0.361 e. The lowest BCUT2D eigenvalue weighted by atomic mass is 10.1. The molecule has 2 aromatic rings. The zero-order chi connectivity index (χ0) is 16.1. The van der Waals surface area contributed by atoms with Gasteiger partial charge in [-0.05, 0) is 24.1 Å². The number of amides is 1. The van der Waals surface area contributed by atoms with Gasteiger partial charge in [0.2, 0.25) is 5.91 Å². The summed E-state index contributed by atoms with van der Waals surface area (Å²) in [6.07, 6.45) is 1.63. The standard InChI is InChI=1S/C16H18ClFN2O2/c1-3-14-12(15(4-2)22-20-14)8-16(21)19-9-10-5-6-11(18)7-13(10)17/h5-7H,3-4,8-9H2,1-2H3,(H,19,21). The molecule has 1 heterocycles. The van der Waals surface area contributed by atoms with Crippen LogP contribution < -0.4 is 5.32 Å². The molecule has 22 heavy (non-hydrogen) atoms. The first-order valence-electron chi connectivity index (χ1n) is 7.22. The highest BCUT2D eigenvalue weighted by molar-refractivity contribution is 6.31. The summed E-state index contributed by atoms with van der Waals surface area (Å²) in [5, 5.41) is 7.07. The van der Waals surface area contributed by atoms with Crippen molar-refractivity contribution in [2.75, 3.05) is 0 Å². The molecule has 1 aromatic heterocycles. The number of aryl methyl sites for hydroxylation is 2. The number of carbonyl (C=O) groups is 1. The Hall–Kier alpha value is -1.88. The Morgan fingerprint density at radius 3 is 2.77 bits per heavy atom. The normalized spacial score (nSPS) is 10.7. The van der Waals surface area contributed by atoms with E-state index in [2.05, 4.69) is 10.5 Å². The molecule has 1 N–H and O–H groups in total. The number of aromatic nitrogens is 1. The Kier molecular flexibility index (Phi) is 5.55. The third kappa shape index (κ3) is 3.85. The van der Waals surface area contributed by atoms with E-state index >= 15 is 0 Å². The Bertz CT molecular complexity index is 649. The number of hydrogen-bond acceptors (Lipinski definition) is 3. The lowest BCUT2D eigenvalue weighted by Gasteiger charge is -2.07. The molecule has 0 atom stereocenters. The summed E-state index contributed by atoms with van der Waals surface area (Å²) in [7, 11) is 0. The molecule has 0 radical (unpaired) electrons. The summed E-state index contributed by atoms with van der Waals surface area (Å²) in [4.78, 5) is 12.1. The van der Waals surface area contributed by atoms with Gasteiger partial charge in [0.1, 0.15) is 11.6 Å². The molecule has 0 aliphatic heterocycles. The molecule has 1 aromatic carbocycles. The third-order valence-electron chi connectivity index (χ3n) is 3.44. The number of nitrogens with one attached hydrogen (secondary N) is 1. The minimum atomic E-state index is -0.398. The number of benzene rings is 1. The second-order valence-electron chi connectivity index (χ2n) is 4.93. The fourth-order valence-corrected chi connectivity index (χ4v) is 2.45. The number of halogens is 2. The zero-order valence-electron chi connectivity index (χ0n) is 12.6.